The van der Waals surface area contributed by atoms with Crippen molar-refractivity contribution in [3.63, 3.8) is 0 Å². The fourth-order valence-corrected chi connectivity index (χ4v) is 3.34. The summed E-state index contributed by atoms with van der Waals surface area (Å²) in [6.07, 6.45) is 6.45. The maximum Gasteiger partial charge on any atom is 0.127 e. The number of rotatable bonds is 7. The summed E-state index contributed by atoms with van der Waals surface area (Å²) in [6.45, 7) is 0.586. The summed E-state index contributed by atoms with van der Waals surface area (Å²) in [6, 6.07) is 33.7. The average Bonchev–Trinajstić information content (AvgIpc) is 2.76. The summed E-state index contributed by atoms with van der Waals surface area (Å²) >= 11 is 0. The van der Waals surface area contributed by atoms with Gasteiger partial charge in [-0.15, -0.1) is 0 Å². The minimum Gasteiger partial charge on any atom is -0.488 e. The number of ether oxygens (including phenoxy) is 1. The predicted molar refractivity (Wildman–Crippen MR) is 119 cm³/mol. The van der Waals surface area contributed by atoms with Crippen LogP contribution in [-0.2, 0) is 13.0 Å². The molecule has 0 aliphatic carbocycles. The lowest BCUT2D eigenvalue weighted by Gasteiger charge is -2.09. The van der Waals surface area contributed by atoms with Crippen LogP contribution in [0.15, 0.2) is 103 Å². The van der Waals surface area contributed by atoms with Crippen LogP contribution in [0.2, 0.25) is 0 Å². The van der Waals surface area contributed by atoms with Crippen LogP contribution in [0.25, 0.3) is 16.8 Å². The van der Waals surface area contributed by atoms with E-state index in [-0.39, 0.29) is 0 Å². The molecule has 28 heavy (non-hydrogen) atoms. The van der Waals surface area contributed by atoms with Crippen LogP contribution >= 0.6 is 0 Å². The maximum absolute atomic E-state index is 6.04. The Labute approximate surface area is 166 Å². The van der Waals surface area contributed by atoms with Gasteiger partial charge in [-0.05, 0) is 40.8 Å². The molecule has 0 atom stereocenters. The number of fused-ring (bicyclic) bond motifs is 1. The lowest BCUT2D eigenvalue weighted by Crippen LogP contribution is -1.96. The second kappa shape index (κ2) is 9.05. The van der Waals surface area contributed by atoms with E-state index >= 15 is 0 Å². The van der Waals surface area contributed by atoms with Gasteiger partial charge >= 0.3 is 0 Å². The SMILES string of the molecule is C(=C\c1ccccc1OCc1ccccc1)/CCc1ccc2ccccc2c1. The molecule has 138 valence electrons. The van der Waals surface area contributed by atoms with Crippen molar-refractivity contribution in [1.29, 1.82) is 0 Å². The topological polar surface area (TPSA) is 9.23 Å². The molecular weight excluding hydrogens is 340 g/mol. The van der Waals surface area contributed by atoms with E-state index in [4.69, 9.17) is 4.74 Å². The molecule has 0 bridgehead atoms. The molecule has 0 N–H and O–H groups in total. The number of para-hydroxylation sites is 1. The van der Waals surface area contributed by atoms with E-state index in [1.54, 1.807) is 0 Å². The van der Waals surface area contributed by atoms with Crippen molar-refractivity contribution in [3.05, 3.63) is 120 Å². The van der Waals surface area contributed by atoms with Gasteiger partial charge < -0.3 is 4.74 Å². The van der Waals surface area contributed by atoms with Crippen LogP contribution in [0.4, 0.5) is 0 Å². The molecule has 0 fully saturated rings. The van der Waals surface area contributed by atoms with Gasteiger partial charge in [-0.2, -0.15) is 0 Å². The van der Waals surface area contributed by atoms with E-state index in [1.165, 1.54) is 21.9 Å². The fraction of sp³-hybridized carbons (Fsp3) is 0.111. The van der Waals surface area contributed by atoms with Crippen molar-refractivity contribution >= 4 is 16.8 Å². The molecule has 0 radical (unpaired) electrons. The van der Waals surface area contributed by atoms with Crippen molar-refractivity contribution in [3.8, 4) is 5.75 Å². The molecule has 0 aliphatic rings. The van der Waals surface area contributed by atoms with E-state index in [1.807, 2.05) is 30.3 Å². The fourth-order valence-electron chi connectivity index (χ4n) is 3.34. The second-order valence-corrected chi connectivity index (χ2v) is 6.93. The van der Waals surface area contributed by atoms with Crippen LogP contribution in [0.3, 0.4) is 0 Å². The average molecular weight is 364 g/mol. The van der Waals surface area contributed by atoms with Gasteiger partial charge in [0.2, 0.25) is 0 Å². The summed E-state index contributed by atoms with van der Waals surface area (Å²) in [5, 5.41) is 2.61. The second-order valence-electron chi connectivity index (χ2n) is 6.93. The highest BCUT2D eigenvalue weighted by Gasteiger charge is 2.01. The number of benzene rings is 4. The smallest absolute Gasteiger partial charge is 0.127 e. The zero-order valence-corrected chi connectivity index (χ0v) is 15.9. The molecule has 0 aliphatic heterocycles. The molecule has 0 unspecified atom stereocenters. The molecule has 1 nitrogen and oxygen atoms in total. The Balaban J connectivity index is 1.37. The van der Waals surface area contributed by atoms with Crippen molar-refractivity contribution in [2.75, 3.05) is 0 Å². The normalized spacial score (nSPS) is 11.1. The quantitative estimate of drug-likeness (QED) is 0.341. The third-order valence-electron chi connectivity index (χ3n) is 4.87. The Morgan fingerprint density at radius 2 is 1.39 bits per heavy atom. The molecule has 4 aromatic carbocycles. The molecule has 4 aromatic rings. The highest BCUT2D eigenvalue weighted by molar-refractivity contribution is 5.83. The molecule has 0 amide bonds. The van der Waals surface area contributed by atoms with Gasteiger partial charge in [-0.1, -0.05) is 103 Å². The van der Waals surface area contributed by atoms with E-state index in [0.717, 1.165) is 24.2 Å². The largest absolute Gasteiger partial charge is 0.488 e. The summed E-state index contributed by atoms with van der Waals surface area (Å²) in [5.41, 5.74) is 3.67. The third kappa shape index (κ3) is 4.69. The van der Waals surface area contributed by atoms with Crippen LogP contribution < -0.4 is 4.74 Å². The van der Waals surface area contributed by atoms with Crippen LogP contribution in [0.5, 0.6) is 5.75 Å². The van der Waals surface area contributed by atoms with Gasteiger partial charge in [0.1, 0.15) is 12.4 Å². The van der Waals surface area contributed by atoms with E-state index in [0.29, 0.717) is 6.61 Å². The van der Waals surface area contributed by atoms with Crippen molar-refractivity contribution in [1.82, 2.24) is 0 Å². The molecule has 4 rings (SSSR count). The van der Waals surface area contributed by atoms with E-state index in [2.05, 4.69) is 78.9 Å². The number of hydrogen-bond acceptors (Lipinski definition) is 1. The molecule has 0 spiro atoms. The molecule has 0 saturated carbocycles. The van der Waals surface area contributed by atoms with E-state index < -0.39 is 0 Å². The van der Waals surface area contributed by atoms with Crippen LogP contribution in [0.1, 0.15) is 23.1 Å². The van der Waals surface area contributed by atoms with Gasteiger partial charge in [-0.3, -0.25) is 0 Å². The Hall–Kier alpha value is -3.32. The van der Waals surface area contributed by atoms with Crippen molar-refractivity contribution in [2.45, 2.75) is 19.4 Å². The predicted octanol–water partition coefficient (Wildman–Crippen LogP) is 7.06. The van der Waals surface area contributed by atoms with Crippen molar-refractivity contribution < 1.29 is 4.74 Å². The Morgan fingerprint density at radius 3 is 2.29 bits per heavy atom. The summed E-state index contributed by atoms with van der Waals surface area (Å²) < 4.78 is 6.04. The first-order valence-corrected chi connectivity index (χ1v) is 9.78. The summed E-state index contributed by atoms with van der Waals surface area (Å²) in [4.78, 5) is 0. The third-order valence-corrected chi connectivity index (χ3v) is 4.87. The zero-order valence-electron chi connectivity index (χ0n) is 15.9. The van der Waals surface area contributed by atoms with Crippen LogP contribution in [-0.4, -0.2) is 0 Å². The minimum atomic E-state index is 0.586. The molecule has 0 aromatic heterocycles. The van der Waals surface area contributed by atoms with Crippen molar-refractivity contribution in [2.24, 2.45) is 0 Å². The lowest BCUT2D eigenvalue weighted by atomic mass is 10.0. The molecular formula is C27H24O. The van der Waals surface area contributed by atoms with Gasteiger partial charge in [-0.25, -0.2) is 0 Å². The number of aryl methyl sites for hydroxylation is 1. The Morgan fingerprint density at radius 1 is 0.643 bits per heavy atom. The highest BCUT2D eigenvalue weighted by Crippen LogP contribution is 2.22. The van der Waals surface area contributed by atoms with Crippen LogP contribution in [0, 0.1) is 0 Å². The van der Waals surface area contributed by atoms with Gasteiger partial charge in [0.15, 0.2) is 0 Å². The molecule has 1 heteroatoms. The first-order chi connectivity index (χ1) is 13.9. The first kappa shape index (κ1) is 18.1. The Kier molecular flexibility index (Phi) is 5.84. The zero-order chi connectivity index (χ0) is 19.0. The molecule has 0 heterocycles. The first-order valence-electron chi connectivity index (χ1n) is 9.78. The Bertz CT molecular complexity index is 1060. The number of allylic oxidation sites excluding steroid dienone is 1. The summed E-state index contributed by atoms with van der Waals surface area (Å²) in [7, 11) is 0. The molecule has 0 saturated heterocycles. The van der Waals surface area contributed by atoms with Gasteiger partial charge in [0.25, 0.3) is 0 Å². The van der Waals surface area contributed by atoms with Gasteiger partial charge in [0.05, 0.1) is 0 Å². The monoisotopic (exact) mass is 364 g/mol. The maximum atomic E-state index is 6.04. The van der Waals surface area contributed by atoms with Gasteiger partial charge in [0, 0.05) is 5.56 Å². The van der Waals surface area contributed by atoms with E-state index in [9.17, 15) is 0 Å². The standard InChI is InChI=1S/C27H24O/c1-2-11-23(12-3-1)21-28-27-17-9-8-15-25(27)14-5-4-10-22-18-19-24-13-6-7-16-26(24)20-22/h1-3,5-9,11-20H,4,10,21H2/b14-5+. The highest BCUT2D eigenvalue weighted by atomic mass is 16.5. The number of hydrogen-bond donors (Lipinski definition) is 0. The summed E-state index contributed by atoms with van der Waals surface area (Å²) in [5.74, 6) is 0.924. The lowest BCUT2D eigenvalue weighted by molar-refractivity contribution is 0.305. The minimum absolute atomic E-state index is 0.586.